The lowest BCUT2D eigenvalue weighted by Crippen LogP contribution is -2.47. The van der Waals surface area contributed by atoms with Crippen molar-refractivity contribution < 1.29 is 9.21 Å². The maximum Gasteiger partial charge on any atom is 0.309 e. The minimum absolute atomic E-state index is 0.0150. The summed E-state index contributed by atoms with van der Waals surface area (Å²) in [7, 11) is 0. The van der Waals surface area contributed by atoms with Gasteiger partial charge in [-0.2, -0.15) is 0 Å². The van der Waals surface area contributed by atoms with Crippen LogP contribution in [0.4, 0.5) is 0 Å². The Morgan fingerprint density at radius 3 is 2.40 bits per heavy atom. The predicted octanol–water partition coefficient (Wildman–Crippen LogP) is 1.54. The average Bonchev–Trinajstić information content (AvgIpc) is 2.50. The number of hydrogen-bond acceptors (Lipinski definition) is 4. The molecule has 15 heavy (non-hydrogen) atoms. The molecule has 0 aliphatic heterocycles. The van der Waals surface area contributed by atoms with Crippen LogP contribution < -0.4 is 5.32 Å². The Bertz CT molecular complexity index is 355. The molecule has 1 heterocycles. The first-order valence-electron chi connectivity index (χ1n) is 4.95. The van der Waals surface area contributed by atoms with Crippen molar-refractivity contribution in [1.29, 1.82) is 0 Å². The van der Waals surface area contributed by atoms with Crippen LogP contribution in [0.5, 0.6) is 0 Å². The molecule has 1 rings (SSSR count). The highest BCUT2D eigenvalue weighted by atomic mass is 16.4. The smallest absolute Gasteiger partial charge is 0.309 e. The van der Waals surface area contributed by atoms with Gasteiger partial charge in [-0.05, 0) is 19.8 Å². The number of aromatic nitrogens is 2. The van der Waals surface area contributed by atoms with Crippen LogP contribution >= 0.6 is 0 Å². The predicted molar refractivity (Wildman–Crippen MR) is 55.4 cm³/mol. The molecule has 5 nitrogen and oxygen atoms in total. The van der Waals surface area contributed by atoms with Crippen LogP contribution in [0.2, 0.25) is 0 Å². The van der Waals surface area contributed by atoms with E-state index in [9.17, 15) is 4.79 Å². The standard InChI is InChI=1S/C10H17N3O2/c1-6(2)10(4,5)11-8(14)9-13-12-7(3)15-9/h6H,1-5H3,(H,11,14). The normalized spacial score (nSPS) is 11.9. The Morgan fingerprint density at radius 1 is 1.40 bits per heavy atom. The van der Waals surface area contributed by atoms with Gasteiger partial charge in [-0.25, -0.2) is 0 Å². The van der Waals surface area contributed by atoms with Crippen LogP contribution in [-0.4, -0.2) is 21.6 Å². The first-order valence-corrected chi connectivity index (χ1v) is 4.95. The lowest BCUT2D eigenvalue weighted by atomic mass is 9.91. The molecule has 0 spiro atoms. The molecular formula is C10H17N3O2. The van der Waals surface area contributed by atoms with Gasteiger partial charge in [0, 0.05) is 12.5 Å². The summed E-state index contributed by atoms with van der Waals surface area (Å²) >= 11 is 0. The minimum atomic E-state index is -0.325. The maximum atomic E-state index is 11.7. The number of rotatable bonds is 3. The van der Waals surface area contributed by atoms with Gasteiger partial charge in [0.05, 0.1) is 0 Å². The monoisotopic (exact) mass is 211 g/mol. The van der Waals surface area contributed by atoms with Crippen molar-refractivity contribution in [2.75, 3.05) is 0 Å². The van der Waals surface area contributed by atoms with Crippen molar-refractivity contribution >= 4 is 5.91 Å². The van der Waals surface area contributed by atoms with Crippen molar-refractivity contribution in [2.24, 2.45) is 5.92 Å². The Hall–Kier alpha value is -1.39. The van der Waals surface area contributed by atoms with Gasteiger partial charge in [-0.15, -0.1) is 10.2 Å². The van der Waals surface area contributed by atoms with Crippen LogP contribution in [0.3, 0.4) is 0 Å². The molecule has 0 bridgehead atoms. The van der Waals surface area contributed by atoms with Gasteiger partial charge in [-0.1, -0.05) is 13.8 Å². The number of nitrogens with one attached hydrogen (secondary N) is 1. The van der Waals surface area contributed by atoms with Gasteiger partial charge in [0.15, 0.2) is 0 Å². The number of nitrogens with zero attached hydrogens (tertiary/aromatic N) is 2. The number of hydrogen-bond donors (Lipinski definition) is 1. The molecule has 1 aromatic heterocycles. The first-order chi connectivity index (χ1) is 6.83. The number of carbonyl (C=O) groups is 1. The van der Waals surface area contributed by atoms with E-state index in [4.69, 9.17) is 4.42 Å². The topological polar surface area (TPSA) is 68.0 Å². The summed E-state index contributed by atoms with van der Waals surface area (Å²) < 4.78 is 5.04. The van der Waals surface area contributed by atoms with Crippen molar-refractivity contribution in [3.05, 3.63) is 11.8 Å². The Balaban J connectivity index is 2.72. The summed E-state index contributed by atoms with van der Waals surface area (Å²) in [6, 6.07) is 0. The minimum Gasteiger partial charge on any atom is -0.417 e. The molecule has 1 aromatic rings. The van der Waals surface area contributed by atoms with E-state index in [1.165, 1.54) is 0 Å². The molecule has 1 amide bonds. The fourth-order valence-corrected chi connectivity index (χ4v) is 0.879. The third-order valence-corrected chi connectivity index (χ3v) is 2.60. The van der Waals surface area contributed by atoms with Crippen LogP contribution in [0.1, 0.15) is 44.3 Å². The summed E-state index contributed by atoms with van der Waals surface area (Å²) in [5.74, 6) is 0.406. The largest absolute Gasteiger partial charge is 0.417 e. The van der Waals surface area contributed by atoms with E-state index in [0.29, 0.717) is 11.8 Å². The van der Waals surface area contributed by atoms with Crippen LogP contribution in [0.25, 0.3) is 0 Å². The molecule has 0 aliphatic rings. The van der Waals surface area contributed by atoms with E-state index < -0.39 is 0 Å². The van der Waals surface area contributed by atoms with E-state index in [1.54, 1.807) is 6.92 Å². The molecular weight excluding hydrogens is 194 g/mol. The third-order valence-electron chi connectivity index (χ3n) is 2.60. The molecule has 0 aromatic carbocycles. The van der Waals surface area contributed by atoms with Gasteiger partial charge in [-0.3, -0.25) is 4.79 Å². The molecule has 0 atom stereocenters. The van der Waals surface area contributed by atoms with Crippen molar-refractivity contribution in [3.63, 3.8) is 0 Å². The van der Waals surface area contributed by atoms with Gasteiger partial charge >= 0.3 is 11.8 Å². The fourth-order valence-electron chi connectivity index (χ4n) is 0.879. The summed E-state index contributed by atoms with van der Waals surface area (Å²) in [6.07, 6.45) is 0. The highest BCUT2D eigenvalue weighted by Gasteiger charge is 2.26. The molecule has 84 valence electrons. The van der Waals surface area contributed by atoms with Gasteiger partial charge < -0.3 is 9.73 Å². The lowest BCUT2D eigenvalue weighted by molar-refractivity contribution is 0.0853. The lowest BCUT2D eigenvalue weighted by Gasteiger charge is -2.29. The third kappa shape index (κ3) is 2.78. The zero-order chi connectivity index (χ0) is 11.6. The van der Waals surface area contributed by atoms with Crippen molar-refractivity contribution in [1.82, 2.24) is 15.5 Å². The zero-order valence-corrected chi connectivity index (χ0v) is 9.79. The van der Waals surface area contributed by atoms with Gasteiger partial charge in [0.25, 0.3) is 0 Å². The number of carbonyl (C=O) groups excluding carboxylic acids is 1. The number of aryl methyl sites for hydroxylation is 1. The highest BCUT2D eigenvalue weighted by Crippen LogP contribution is 2.15. The molecule has 1 N–H and O–H groups in total. The Kier molecular flexibility index (Phi) is 3.12. The molecule has 0 saturated carbocycles. The second kappa shape index (κ2) is 4.00. The van der Waals surface area contributed by atoms with Crippen molar-refractivity contribution in [2.45, 2.75) is 40.2 Å². The van der Waals surface area contributed by atoms with E-state index in [0.717, 1.165) is 0 Å². The van der Waals surface area contributed by atoms with E-state index in [2.05, 4.69) is 15.5 Å². The molecule has 5 heteroatoms. The van der Waals surface area contributed by atoms with Crippen molar-refractivity contribution in [3.8, 4) is 0 Å². The average molecular weight is 211 g/mol. The van der Waals surface area contributed by atoms with Crippen LogP contribution in [0, 0.1) is 12.8 Å². The highest BCUT2D eigenvalue weighted by molar-refractivity contribution is 5.89. The molecule has 0 aliphatic carbocycles. The van der Waals surface area contributed by atoms with E-state index in [-0.39, 0.29) is 17.3 Å². The number of amides is 1. The van der Waals surface area contributed by atoms with Crippen LogP contribution in [-0.2, 0) is 0 Å². The van der Waals surface area contributed by atoms with Gasteiger partial charge in [0.2, 0.25) is 5.89 Å². The second-order valence-corrected chi connectivity index (χ2v) is 4.46. The molecule has 0 saturated heterocycles. The SMILES string of the molecule is Cc1nnc(C(=O)NC(C)(C)C(C)C)o1. The second-order valence-electron chi connectivity index (χ2n) is 4.46. The van der Waals surface area contributed by atoms with E-state index in [1.807, 2.05) is 27.7 Å². The first kappa shape index (κ1) is 11.7. The summed E-state index contributed by atoms with van der Waals surface area (Å²) in [5.41, 5.74) is -0.292. The molecule has 0 radical (unpaired) electrons. The summed E-state index contributed by atoms with van der Waals surface area (Å²) in [4.78, 5) is 11.7. The van der Waals surface area contributed by atoms with Gasteiger partial charge in [0.1, 0.15) is 0 Å². The summed E-state index contributed by atoms with van der Waals surface area (Å²) in [6.45, 7) is 9.65. The zero-order valence-electron chi connectivity index (χ0n) is 9.79. The molecule has 0 unspecified atom stereocenters. The Labute approximate surface area is 89.3 Å². The fraction of sp³-hybridized carbons (Fsp3) is 0.700. The molecule has 0 fully saturated rings. The summed E-state index contributed by atoms with van der Waals surface area (Å²) in [5, 5.41) is 10.1. The van der Waals surface area contributed by atoms with E-state index >= 15 is 0 Å². The van der Waals surface area contributed by atoms with Crippen LogP contribution in [0.15, 0.2) is 4.42 Å². The quantitative estimate of drug-likeness (QED) is 0.823. The Morgan fingerprint density at radius 2 is 2.00 bits per heavy atom. The maximum absolute atomic E-state index is 11.7.